The average Bonchev–Trinajstić information content (AvgIpc) is 2.91. The second-order valence-electron chi connectivity index (χ2n) is 9.21. The Labute approximate surface area is 159 Å². The van der Waals surface area contributed by atoms with E-state index in [9.17, 15) is 14.7 Å². The molecule has 4 aliphatic rings. The van der Waals surface area contributed by atoms with E-state index in [1.807, 2.05) is 6.08 Å². The predicted molar refractivity (Wildman–Crippen MR) is 98.3 cm³/mol. The van der Waals surface area contributed by atoms with Crippen LogP contribution in [0.2, 0.25) is 0 Å². The van der Waals surface area contributed by atoms with Crippen LogP contribution in [-0.4, -0.2) is 34.7 Å². The van der Waals surface area contributed by atoms with Crippen molar-refractivity contribution in [2.45, 2.75) is 58.5 Å². The molecule has 4 aliphatic carbocycles. The van der Waals surface area contributed by atoms with Crippen LogP contribution in [0.25, 0.3) is 0 Å². The molecule has 6 heteroatoms. The van der Waals surface area contributed by atoms with Crippen molar-refractivity contribution in [3.8, 4) is 0 Å². The Balaban J connectivity index is 1.60. The third kappa shape index (κ3) is 2.85. The Morgan fingerprint density at radius 1 is 1.26 bits per heavy atom. The molecule has 0 aromatic rings. The van der Waals surface area contributed by atoms with E-state index in [-0.39, 0.29) is 22.7 Å². The molecule has 6 atom stereocenters. The number of hydrogen-bond acceptors (Lipinski definition) is 5. The molecule has 0 unspecified atom stereocenters. The monoisotopic (exact) mass is 375 g/mol. The van der Waals surface area contributed by atoms with E-state index in [1.54, 1.807) is 6.08 Å². The molecule has 0 bridgehead atoms. The van der Waals surface area contributed by atoms with Gasteiger partial charge in [-0.1, -0.05) is 19.4 Å². The van der Waals surface area contributed by atoms with Crippen LogP contribution in [0.15, 0.2) is 23.4 Å². The predicted octanol–water partition coefficient (Wildman–Crippen LogP) is 2.59. The minimum absolute atomic E-state index is 0.0264. The number of carboxylic acids is 1. The van der Waals surface area contributed by atoms with Gasteiger partial charge in [-0.3, -0.25) is 15.1 Å². The summed E-state index contributed by atoms with van der Waals surface area (Å²) in [5.74, 6) is 0.287. The topological polar surface area (TPSA) is 95.9 Å². The third-order valence-electron chi connectivity index (χ3n) is 7.99. The van der Waals surface area contributed by atoms with Crippen LogP contribution in [-0.2, 0) is 14.4 Å². The van der Waals surface area contributed by atoms with Crippen LogP contribution >= 0.6 is 0 Å². The van der Waals surface area contributed by atoms with E-state index >= 15 is 0 Å². The van der Waals surface area contributed by atoms with Crippen molar-refractivity contribution in [1.82, 2.24) is 5.48 Å². The lowest BCUT2D eigenvalue weighted by Crippen LogP contribution is -2.51. The van der Waals surface area contributed by atoms with Crippen molar-refractivity contribution in [1.29, 1.82) is 0 Å². The standard InChI is InChI=1S/C21H29NO5/c1-20-8-7-15-13(14(20)5-6-18(20)24)4-3-12-9-17(23)16(10-21(12,15)2)22-27-11-19(25)26/h9-10,13-15,18,22,24H,3-8,11H2,1-2H3,(H,25,26)/t13-,14-,15-,18-,20-,21-/m0/s1. The van der Waals surface area contributed by atoms with Gasteiger partial charge in [0, 0.05) is 5.41 Å². The lowest BCUT2D eigenvalue weighted by molar-refractivity contribution is -0.144. The minimum Gasteiger partial charge on any atom is -0.479 e. The number of carbonyl (C=O) groups excluding carboxylic acids is 1. The number of allylic oxidation sites excluding steroid dienone is 3. The Bertz CT molecular complexity index is 728. The van der Waals surface area contributed by atoms with Crippen molar-refractivity contribution in [3.63, 3.8) is 0 Å². The number of carboxylic acid groups (broad SMARTS) is 1. The van der Waals surface area contributed by atoms with E-state index in [4.69, 9.17) is 9.94 Å². The first-order chi connectivity index (χ1) is 12.8. The molecule has 3 N–H and O–H groups in total. The van der Waals surface area contributed by atoms with Crippen LogP contribution in [0.5, 0.6) is 0 Å². The highest BCUT2D eigenvalue weighted by Crippen LogP contribution is 2.64. The highest BCUT2D eigenvalue weighted by molar-refractivity contribution is 6.05. The van der Waals surface area contributed by atoms with Crippen LogP contribution in [0, 0.1) is 28.6 Å². The van der Waals surface area contributed by atoms with Gasteiger partial charge < -0.3 is 10.2 Å². The van der Waals surface area contributed by atoms with Gasteiger partial charge in [-0.2, -0.15) is 0 Å². The molecule has 0 amide bonds. The summed E-state index contributed by atoms with van der Waals surface area (Å²) in [5, 5.41) is 19.3. The van der Waals surface area contributed by atoms with Crippen LogP contribution in [0.4, 0.5) is 0 Å². The highest BCUT2D eigenvalue weighted by atomic mass is 16.7. The fourth-order valence-electron chi connectivity index (χ4n) is 6.53. The molecule has 3 saturated carbocycles. The molecule has 27 heavy (non-hydrogen) atoms. The normalized spacial score (nSPS) is 43.1. The van der Waals surface area contributed by atoms with Crippen LogP contribution < -0.4 is 5.48 Å². The number of aliphatic carboxylic acids is 1. The van der Waals surface area contributed by atoms with E-state index < -0.39 is 12.6 Å². The van der Waals surface area contributed by atoms with E-state index in [1.165, 1.54) is 5.57 Å². The summed E-state index contributed by atoms with van der Waals surface area (Å²) < 4.78 is 0. The minimum atomic E-state index is -1.09. The third-order valence-corrected chi connectivity index (χ3v) is 7.99. The average molecular weight is 375 g/mol. The zero-order chi connectivity index (χ0) is 19.4. The van der Waals surface area contributed by atoms with Gasteiger partial charge in [-0.15, -0.1) is 0 Å². The fraction of sp³-hybridized carbons (Fsp3) is 0.714. The first kappa shape index (κ1) is 18.7. The van der Waals surface area contributed by atoms with Crippen molar-refractivity contribution in [2.75, 3.05) is 6.61 Å². The number of aliphatic hydroxyl groups is 1. The lowest BCUT2D eigenvalue weighted by Gasteiger charge is -2.56. The smallest absolute Gasteiger partial charge is 0.332 e. The number of nitrogens with one attached hydrogen (secondary N) is 1. The van der Waals surface area contributed by atoms with Gasteiger partial charge in [0.2, 0.25) is 5.78 Å². The molecule has 0 aromatic carbocycles. The lowest BCUT2D eigenvalue weighted by atomic mass is 9.48. The number of hydrogen-bond donors (Lipinski definition) is 3. The number of ketones is 1. The summed E-state index contributed by atoms with van der Waals surface area (Å²) in [5.41, 5.74) is 3.88. The van der Waals surface area contributed by atoms with Gasteiger partial charge in [0.05, 0.1) is 6.10 Å². The number of hydroxylamine groups is 1. The first-order valence-corrected chi connectivity index (χ1v) is 10.0. The molecule has 4 rings (SSSR count). The van der Waals surface area contributed by atoms with E-state index in [0.29, 0.717) is 23.5 Å². The molecule has 148 valence electrons. The van der Waals surface area contributed by atoms with Gasteiger partial charge in [-0.05, 0) is 73.8 Å². The van der Waals surface area contributed by atoms with E-state index in [2.05, 4.69) is 19.3 Å². The van der Waals surface area contributed by atoms with Crippen molar-refractivity contribution in [2.24, 2.45) is 28.6 Å². The quantitative estimate of drug-likeness (QED) is 0.654. The molecule has 0 heterocycles. The zero-order valence-corrected chi connectivity index (χ0v) is 16.0. The Morgan fingerprint density at radius 3 is 2.78 bits per heavy atom. The van der Waals surface area contributed by atoms with Gasteiger partial charge in [0.1, 0.15) is 5.70 Å². The highest BCUT2D eigenvalue weighted by Gasteiger charge is 2.58. The summed E-state index contributed by atoms with van der Waals surface area (Å²) in [6, 6.07) is 0. The fourth-order valence-corrected chi connectivity index (χ4v) is 6.53. The Hall–Kier alpha value is -1.66. The maximum absolute atomic E-state index is 12.4. The van der Waals surface area contributed by atoms with Gasteiger partial charge in [0.15, 0.2) is 6.61 Å². The zero-order valence-electron chi connectivity index (χ0n) is 16.0. The van der Waals surface area contributed by atoms with Crippen LogP contribution in [0.1, 0.15) is 52.4 Å². The molecular formula is C21H29NO5. The number of fused-ring (bicyclic) bond motifs is 5. The van der Waals surface area contributed by atoms with Gasteiger partial charge in [-0.25, -0.2) is 4.79 Å². The van der Waals surface area contributed by atoms with Crippen molar-refractivity contribution in [3.05, 3.63) is 23.4 Å². The van der Waals surface area contributed by atoms with Gasteiger partial charge >= 0.3 is 5.97 Å². The largest absolute Gasteiger partial charge is 0.479 e. The molecule has 3 fully saturated rings. The molecular weight excluding hydrogens is 346 g/mol. The van der Waals surface area contributed by atoms with Gasteiger partial charge in [0.25, 0.3) is 0 Å². The number of aliphatic hydroxyl groups excluding tert-OH is 1. The molecule has 0 aromatic heterocycles. The summed E-state index contributed by atoms with van der Waals surface area (Å²) in [4.78, 5) is 28.1. The Kier molecular flexibility index (Phi) is 4.47. The van der Waals surface area contributed by atoms with Crippen molar-refractivity contribution < 1.29 is 24.6 Å². The maximum Gasteiger partial charge on any atom is 0.332 e. The summed E-state index contributed by atoms with van der Waals surface area (Å²) in [7, 11) is 0. The second kappa shape index (κ2) is 6.45. The summed E-state index contributed by atoms with van der Waals surface area (Å²) in [6.45, 7) is 3.96. The SMILES string of the molecule is C[C@]12CC[C@H]3[C@@H](CCC4=CC(=O)C(NOCC(=O)O)=C[C@@]43C)[C@@H]1CC[C@@H]2O. The molecule has 0 saturated heterocycles. The number of rotatable bonds is 4. The molecule has 6 nitrogen and oxygen atoms in total. The maximum atomic E-state index is 12.4. The molecule has 0 aliphatic heterocycles. The van der Waals surface area contributed by atoms with Crippen LogP contribution in [0.3, 0.4) is 0 Å². The molecule has 0 radical (unpaired) electrons. The molecule has 0 spiro atoms. The van der Waals surface area contributed by atoms with Crippen molar-refractivity contribution >= 4 is 11.8 Å². The second-order valence-corrected chi connectivity index (χ2v) is 9.21. The number of carbonyl (C=O) groups is 2. The Morgan fingerprint density at radius 2 is 2.04 bits per heavy atom. The first-order valence-electron chi connectivity index (χ1n) is 10.0. The van der Waals surface area contributed by atoms with E-state index in [0.717, 1.165) is 38.5 Å². The summed E-state index contributed by atoms with van der Waals surface area (Å²) in [6.07, 6.45) is 9.52. The summed E-state index contributed by atoms with van der Waals surface area (Å²) >= 11 is 0.